The molecule has 0 aromatic rings. The average Bonchev–Trinajstić information content (AvgIpc) is 2.72. The summed E-state index contributed by atoms with van der Waals surface area (Å²) >= 11 is 2.16. The number of hydrogen-bond acceptors (Lipinski definition) is 4. The Hall–Kier alpha value is 0.660. The van der Waals surface area contributed by atoms with Crippen molar-refractivity contribution in [1.29, 1.82) is 0 Å². The summed E-state index contributed by atoms with van der Waals surface area (Å²) in [6, 6.07) is 0. The van der Waals surface area contributed by atoms with Crippen LogP contribution in [0.5, 0.6) is 0 Å². The molecule has 0 saturated heterocycles. The molecule has 0 heterocycles. The van der Waals surface area contributed by atoms with Crippen molar-refractivity contribution in [2.24, 2.45) is 0 Å². The molecule has 0 aliphatic rings. The van der Waals surface area contributed by atoms with E-state index in [0.29, 0.717) is 0 Å². The fourth-order valence-corrected chi connectivity index (χ4v) is 7.10. The van der Waals surface area contributed by atoms with Gasteiger partial charge >= 0.3 is 130 Å². The Morgan fingerprint density at radius 3 is 1.13 bits per heavy atom. The van der Waals surface area contributed by atoms with E-state index in [-0.39, 0.29) is 12.3 Å². The van der Waals surface area contributed by atoms with Crippen molar-refractivity contribution >= 4 is 19.0 Å². The van der Waals surface area contributed by atoms with Gasteiger partial charge in [0, 0.05) is 0 Å². The first-order valence-electron chi connectivity index (χ1n) is 13.7. The van der Waals surface area contributed by atoms with Crippen LogP contribution < -0.4 is 0 Å². The first kappa shape index (κ1) is 31.7. The number of rotatable bonds is 25. The third-order valence-corrected chi connectivity index (χ3v) is 9.89. The molecule has 0 bridgehead atoms. The zero-order valence-corrected chi connectivity index (χ0v) is 22.9. The van der Waals surface area contributed by atoms with Crippen molar-refractivity contribution in [2.75, 3.05) is 23.8 Å². The van der Waals surface area contributed by atoms with Crippen molar-refractivity contribution in [2.45, 2.75) is 142 Å². The SMILES string of the molecule is CCCCCCCCCSCCCCCCCCCCCCP(O)(O)(O)CCCCC. The van der Waals surface area contributed by atoms with Gasteiger partial charge in [-0.05, 0) is 12.2 Å². The minimum atomic E-state index is -4.32. The normalized spacial score (nSPS) is 13.4. The molecule has 0 rings (SSSR count). The van der Waals surface area contributed by atoms with Gasteiger partial charge in [-0.2, -0.15) is 11.8 Å². The second-order valence-corrected chi connectivity index (χ2v) is 14.6. The van der Waals surface area contributed by atoms with Crippen LogP contribution in [0.25, 0.3) is 0 Å². The molecular formula is C26H57O3PS. The molecule has 190 valence electrons. The molecule has 3 N–H and O–H groups in total. The van der Waals surface area contributed by atoms with Gasteiger partial charge in [0.1, 0.15) is 0 Å². The standard InChI is InChI=1S/C26H57O3PS/c1-3-5-7-8-14-17-21-25-31-26-22-18-15-12-10-9-11-13-16-20-24-30(27,28,29)23-19-6-4-2/h27-29H,3-26H2,1-2H3. The van der Waals surface area contributed by atoms with E-state index < -0.39 is 7.28 Å². The predicted octanol–water partition coefficient (Wildman–Crippen LogP) is 8.84. The number of hydrogen-bond donors (Lipinski definition) is 3. The molecule has 0 amide bonds. The molecular weight excluding hydrogens is 423 g/mol. The topological polar surface area (TPSA) is 60.7 Å². The van der Waals surface area contributed by atoms with Gasteiger partial charge in [-0.25, -0.2) is 0 Å². The minimum absolute atomic E-state index is 0.192. The molecule has 0 fully saturated rings. The second kappa shape index (κ2) is 21.2. The third kappa shape index (κ3) is 25.1. The molecule has 0 aliphatic carbocycles. The molecule has 0 atom stereocenters. The van der Waals surface area contributed by atoms with Crippen LogP contribution in [0.15, 0.2) is 0 Å². The summed E-state index contributed by atoms with van der Waals surface area (Å²) in [4.78, 5) is 30.3. The van der Waals surface area contributed by atoms with Crippen LogP contribution in [0.4, 0.5) is 0 Å². The summed E-state index contributed by atoms with van der Waals surface area (Å²) < 4.78 is 0. The molecule has 0 spiro atoms. The van der Waals surface area contributed by atoms with Gasteiger partial charge in [-0.3, -0.25) is 0 Å². The third-order valence-electron chi connectivity index (χ3n) is 6.27. The van der Waals surface area contributed by atoms with Gasteiger partial charge in [0.2, 0.25) is 0 Å². The van der Waals surface area contributed by atoms with E-state index in [9.17, 15) is 14.7 Å². The van der Waals surface area contributed by atoms with E-state index in [1.54, 1.807) is 0 Å². The molecule has 0 saturated carbocycles. The van der Waals surface area contributed by atoms with Crippen LogP contribution in [0.3, 0.4) is 0 Å². The molecule has 0 aromatic heterocycles. The van der Waals surface area contributed by atoms with E-state index in [1.165, 1.54) is 101 Å². The number of unbranched alkanes of at least 4 members (excludes halogenated alkanes) is 17. The zero-order valence-electron chi connectivity index (χ0n) is 21.2. The van der Waals surface area contributed by atoms with Crippen LogP contribution in [0.1, 0.15) is 142 Å². The van der Waals surface area contributed by atoms with Crippen LogP contribution in [0.2, 0.25) is 0 Å². The van der Waals surface area contributed by atoms with Gasteiger partial charge < -0.3 is 0 Å². The molecule has 3 nitrogen and oxygen atoms in total. The first-order chi connectivity index (χ1) is 14.9. The van der Waals surface area contributed by atoms with Crippen LogP contribution in [0, 0.1) is 0 Å². The maximum absolute atomic E-state index is 10.1. The second-order valence-electron chi connectivity index (χ2n) is 9.76. The van der Waals surface area contributed by atoms with Crippen molar-refractivity contribution in [1.82, 2.24) is 0 Å². The Labute approximate surface area is 199 Å². The molecule has 0 aliphatic heterocycles. The van der Waals surface area contributed by atoms with Gasteiger partial charge in [0.15, 0.2) is 0 Å². The van der Waals surface area contributed by atoms with E-state index in [2.05, 4.69) is 25.6 Å². The molecule has 0 aromatic carbocycles. The van der Waals surface area contributed by atoms with Crippen LogP contribution >= 0.6 is 19.0 Å². The Morgan fingerprint density at radius 1 is 0.419 bits per heavy atom. The van der Waals surface area contributed by atoms with Gasteiger partial charge in [-0.15, -0.1) is 0 Å². The first-order valence-corrected chi connectivity index (χ1v) is 17.3. The van der Waals surface area contributed by atoms with E-state index in [4.69, 9.17) is 0 Å². The summed E-state index contributed by atoms with van der Waals surface area (Å²) in [6.45, 7) is 4.36. The van der Waals surface area contributed by atoms with Gasteiger partial charge in [0.25, 0.3) is 0 Å². The Kier molecular flexibility index (Phi) is 21.7. The Balaban J connectivity index is 3.25. The summed E-state index contributed by atoms with van der Waals surface area (Å²) in [6.07, 6.45) is 25.3. The van der Waals surface area contributed by atoms with Crippen molar-refractivity contribution in [3.63, 3.8) is 0 Å². The molecule has 5 heteroatoms. The molecule has 0 unspecified atom stereocenters. The fourth-order valence-electron chi connectivity index (χ4n) is 4.11. The Bertz CT molecular complexity index is 371. The van der Waals surface area contributed by atoms with E-state index in [0.717, 1.165) is 38.5 Å². The predicted molar refractivity (Wildman–Crippen MR) is 144 cm³/mol. The van der Waals surface area contributed by atoms with E-state index >= 15 is 0 Å². The summed E-state index contributed by atoms with van der Waals surface area (Å²) in [5.41, 5.74) is 0. The Morgan fingerprint density at radius 2 is 0.710 bits per heavy atom. The maximum atomic E-state index is 10.1. The number of thioether (sulfide) groups is 1. The zero-order chi connectivity index (χ0) is 23.1. The van der Waals surface area contributed by atoms with Gasteiger partial charge in [-0.1, -0.05) is 45.4 Å². The van der Waals surface area contributed by atoms with Crippen molar-refractivity contribution < 1.29 is 14.7 Å². The average molecular weight is 481 g/mol. The monoisotopic (exact) mass is 480 g/mol. The van der Waals surface area contributed by atoms with Gasteiger partial charge in [0.05, 0.1) is 0 Å². The fraction of sp³-hybridized carbons (Fsp3) is 1.00. The molecule has 0 radical (unpaired) electrons. The summed E-state index contributed by atoms with van der Waals surface area (Å²) in [5, 5.41) is 0. The van der Waals surface area contributed by atoms with Crippen molar-refractivity contribution in [3.05, 3.63) is 0 Å². The summed E-state index contributed by atoms with van der Waals surface area (Å²) in [7, 11) is -4.32. The van der Waals surface area contributed by atoms with E-state index in [1.807, 2.05) is 0 Å². The van der Waals surface area contributed by atoms with Crippen LogP contribution in [-0.4, -0.2) is 38.5 Å². The molecule has 31 heavy (non-hydrogen) atoms. The van der Waals surface area contributed by atoms with Crippen molar-refractivity contribution in [3.8, 4) is 0 Å². The summed E-state index contributed by atoms with van der Waals surface area (Å²) in [5.74, 6) is 2.71. The quantitative estimate of drug-likeness (QED) is 0.0902. The van der Waals surface area contributed by atoms with Crippen LogP contribution in [-0.2, 0) is 0 Å².